The summed E-state index contributed by atoms with van der Waals surface area (Å²) in [6, 6.07) is 4.35. The van der Waals surface area contributed by atoms with Crippen LogP contribution in [0.4, 0.5) is 10.5 Å². The van der Waals surface area contributed by atoms with Crippen molar-refractivity contribution in [1.82, 2.24) is 10.6 Å². The average Bonchev–Trinajstić information content (AvgIpc) is 2.52. The Morgan fingerprint density at radius 3 is 2.46 bits per heavy atom. The number of carbonyl (C=O) groups excluding carboxylic acids is 3. The Balaban J connectivity index is 2.46. The molecule has 0 aromatic heterocycles. The molecule has 0 aliphatic heterocycles. The molecular weight excluding hydrogens is 360 g/mol. The number of benzene rings is 1. The van der Waals surface area contributed by atoms with E-state index in [4.69, 9.17) is 16.3 Å². The normalized spacial score (nSPS) is 11.6. The lowest BCUT2D eigenvalue weighted by Gasteiger charge is -2.15. The first-order chi connectivity index (χ1) is 12.2. The quantitative estimate of drug-likeness (QED) is 0.516. The fourth-order valence-corrected chi connectivity index (χ4v) is 2.27. The largest absolute Gasteiger partial charge is 0.495 e. The second-order valence-electron chi connectivity index (χ2n) is 6.36. The van der Waals surface area contributed by atoms with Crippen LogP contribution < -0.4 is 25.6 Å². The number of quaternary nitrogens is 1. The number of hydrogen-bond acceptors (Lipinski definition) is 4. The van der Waals surface area contributed by atoms with Gasteiger partial charge >= 0.3 is 6.03 Å². The van der Waals surface area contributed by atoms with Gasteiger partial charge in [-0.3, -0.25) is 14.9 Å². The molecule has 0 saturated carbocycles. The highest BCUT2D eigenvalue weighted by Gasteiger charge is 2.17. The zero-order chi connectivity index (χ0) is 19.7. The monoisotopic (exact) mass is 385 g/mol. The van der Waals surface area contributed by atoms with Gasteiger partial charge in [0, 0.05) is 11.6 Å². The number of amides is 4. The van der Waals surface area contributed by atoms with Gasteiger partial charge in [-0.2, -0.15) is 0 Å². The van der Waals surface area contributed by atoms with Crippen LogP contribution in [-0.2, 0) is 9.59 Å². The standard InChI is InChI=1S/C17H25ClN4O4/c1-11(2)8-19-17(25)21-16(24)10-22(3)9-15(23)20-13-7-12(18)5-6-14(13)26-4/h5-7,11H,8-10H2,1-4H3,(H,20,23)(H2,19,21,24,25)/p+1. The van der Waals surface area contributed by atoms with Crippen LogP contribution in [0, 0.1) is 5.92 Å². The van der Waals surface area contributed by atoms with Gasteiger partial charge in [0.2, 0.25) is 0 Å². The topological polar surface area (TPSA) is 101 Å². The highest BCUT2D eigenvalue weighted by atomic mass is 35.5. The van der Waals surface area contributed by atoms with Crippen molar-refractivity contribution in [2.75, 3.05) is 39.1 Å². The fraction of sp³-hybridized carbons (Fsp3) is 0.471. The van der Waals surface area contributed by atoms with Crippen LogP contribution in [0.3, 0.4) is 0 Å². The van der Waals surface area contributed by atoms with E-state index in [0.717, 1.165) is 0 Å². The minimum atomic E-state index is -0.537. The number of likely N-dealkylation sites (N-methyl/N-ethyl adjacent to an activating group) is 1. The molecule has 0 fully saturated rings. The Morgan fingerprint density at radius 2 is 1.85 bits per heavy atom. The van der Waals surface area contributed by atoms with Gasteiger partial charge in [0.25, 0.3) is 11.8 Å². The number of hydrogen-bond donors (Lipinski definition) is 4. The highest BCUT2D eigenvalue weighted by Crippen LogP contribution is 2.27. The van der Waals surface area contributed by atoms with Crippen molar-refractivity contribution in [3.05, 3.63) is 23.2 Å². The van der Waals surface area contributed by atoms with E-state index in [2.05, 4.69) is 16.0 Å². The minimum absolute atomic E-state index is 0.0187. The Labute approximate surface area is 158 Å². The molecule has 4 amide bonds. The summed E-state index contributed by atoms with van der Waals surface area (Å²) >= 11 is 5.92. The lowest BCUT2D eigenvalue weighted by molar-refractivity contribution is -0.862. The molecule has 1 atom stereocenters. The first kappa shape index (κ1) is 21.7. The third-order valence-corrected chi connectivity index (χ3v) is 3.52. The molecule has 26 heavy (non-hydrogen) atoms. The van der Waals surface area contributed by atoms with E-state index in [9.17, 15) is 14.4 Å². The minimum Gasteiger partial charge on any atom is -0.495 e. The predicted molar refractivity (Wildman–Crippen MR) is 99.6 cm³/mol. The Hall–Kier alpha value is -2.32. The molecule has 0 bridgehead atoms. The van der Waals surface area contributed by atoms with Crippen molar-refractivity contribution in [2.45, 2.75) is 13.8 Å². The molecule has 1 aromatic rings. The summed E-state index contributed by atoms with van der Waals surface area (Å²) in [4.78, 5) is 36.1. The second-order valence-corrected chi connectivity index (χ2v) is 6.79. The van der Waals surface area contributed by atoms with Crippen molar-refractivity contribution in [2.24, 2.45) is 5.92 Å². The number of ether oxygens (including phenoxy) is 1. The van der Waals surface area contributed by atoms with Crippen molar-refractivity contribution in [1.29, 1.82) is 0 Å². The number of methoxy groups -OCH3 is 1. The SMILES string of the molecule is COc1ccc(Cl)cc1NC(=O)C[NH+](C)CC(=O)NC(=O)NCC(C)C. The zero-order valence-electron chi connectivity index (χ0n) is 15.4. The summed E-state index contributed by atoms with van der Waals surface area (Å²) in [5, 5.41) is 7.99. The number of imide groups is 1. The van der Waals surface area contributed by atoms with Gasteiger partial charge in [-0.15, -0.1) is 0 Å². The lowest BCUT2D eigenvalue weighted by Crippen LogP contribution is -3.11. The smallest absolute Gasteiger partial charge is 0.321 e. The van der Waals surface area contributed by atoms with Crippen molar-refractivity contribution >= 4 is 35.1 Å². The summed E-state index contributed by atoms with van der Waals surface area (Å²) in [6.07, 6.45) is 0. The van der Waals surface area contributed by atoms with Crippen LogP contribution in [-0.4, -0.2) is 51.6 Å². The van der Waals surface area contributed by atoms with Crippen molar-refractivity contribution in [3.63, 3.8) is 0 Å². The maximum Gasteiger partial charge on any atom is 0.321 e. The van der Waals surface area contributed by atoms with Gasteiger partial charge < -0.3 is 20.3 Å². The Kier molecular flexibility index (Phi) is 8.87. The van der Waals surface area contributed by atoms with Crippen LogP contribution in [0.25, 0.3) is 0 Å². The predicted octanol–water partition coefficient (Wildman–Crippen LogP) is 0.284. The lowest BCUT2D eigenvalue weighted by atomic mass is 10.2. The number of anilines is 1. The molecule has 0 heterocycles. The summed E-state index contributed by atoms with van der Waals surface area (Å²) in [7, 11) is 3.17. The van der Waals surface area contributed by atoms with E-state index in [-0.39, 0.29) is 24.9 Å². The van der Waals surface area contributed by atoms with Crippen LogP contribution in [0.1, 0.15) is 13.8 Å². The zero-order valence-corrected chi connectivity index (χ0v) is 16.2. The summed E-state index contributed by atoms with van der Waals surface area (Å²) in [6.45, 7) is 4.40. The first-order valence-electron chi connectivity index (χ1n) is 8.23. The van der Waals surface area contributed by atoms with Gasteiger partial charge in [0.05, 0.1) is 19.8 Å². The van der Waals surface area contributed by atoms with Crippen LogP contribution in [0.15, 0.2) is 18.2 Å². The molecule has 8 nitrogen and oxygen atoms in total. The van der Waals surface area contributed by atoms with Gasteiger partial charge in [-0.05, 0) is 24.1 Å². The summed E-state index contributed by atoms with van der Waals surface area (Å²) < 4.78 is 5.17. The van der Waals surface area contributed by atoms with Gasteiger partial charge in [0.15, 0.2) is 13.1 Å². The first-order valence-corrected chi connectivity index (χ1v) is 8.61. The number of halogens is 1. The van der Waals surface area contributed by atoms with Crippen LogP contribution >= 0.6 is 11.6 Å². The van der Waals surface area contributed by atoms with E-state index in [0.29, 0.717) is 27.9 Å². The fourth-order valence-electron chi connectivity index (χ4n) is 2.09. The molecule has 4 N–H and O–H groups in total. The molecule has 0 radical (unpaired) electrons. The van der Waals surface area contributed by atoms with Gasteiger partial charge in [-0.25, -0.2) is 4.79 Å². The molecule has 1 unspecified atom stereocenters. The third kappa shape index (κ3) is 8.17. The molecule has 1 rings (SSSR count). The number of nitrogens with one attached hydrogen (secondary N) is 4. The van der Waals surface area contributed by atoms with Gasteiger partial charge in [0.1, 0.15) is 5.75 Å². The van der Waals surface area contributed by atoms with Crippen molar-refractivity contribution in [3.8, 4) is 5.75 Å². The van der Waals surface area contributed by atoms with E-state index in [1.54, 1.807) is 25.2 Å². The molecule has 0 aliphatic rings. The Morgan fingerprint density at radius 1 is 1.19 bits per heavy atom. The average molecular weight is 386 g/mol. The molecular formula is C17H26ClN4O4+. The molecule has 144 valence electrons. The van der Waals surface area contributed by atoms with Crippen molar-refractivity contribution < 1.29 is 24.0 Å². The summed E-state index contributed by atoms with van der Waals surface area (Å²) in [5.74, 6) is 0.00770. The molecule has 0 aliphatic carbocycles. The summed E-state index contributed by atoms with van der Waals surface area (Å²) in [5.41, 5.74) is 0.454. The maximum atomic E-state index is 12.1. The number of urea groups is 1. The second kappa shape index (κ2) is 10.6. The third-order valence-electron chi connectivity index (χ3n) is 3.28. The molecule has 0 spiro atoms. The number of rotatable bonds is 8. The van der Waals surface area contributed by atoms with E-state index in [1.165, 1.54) is 7.11 Å². The number of carbonyl (C=O) groups is 3. The Bertz CT molecular complexity index is 652. The maximum absolute atomic E-state index is 12.1. The van der Waals surface area contributed by atoms with E-state index >= 15 is 0 Å². The van der Waals surface area contributed by atoms with Crippen LogP contribution in [0.5, 0.6) is 5.75 Å². The van der Waals surface area contributed by atoms with E-state index < -0.39 is 11.9 Å². The van der Waals surface area contributed by atoms with Crippen LogP contribution in [0.2, 0.25) is 5.02 Å². The molecule has 0 saturated heterocycles. The van der Waals surface area contributed by atoms with Gasteiger partial charge in [-0.1, -0.05) is 25.4 Å². The molecule has 1 aromatic carbocycles. The molecule has 9 heteroatoms. The highest BCUT2D eigenvalue weighted by molar-refractivity contribution is 6.31. The van der Waals surface area contributed by atoms with E-state index in [1.807, 2.05) is 13.8 Å².